The zero-order valence-corrected chi connectivity index (χ0v) is 23.8. The highest BCUT2D eigenvalue weighted by atomic mass is 16.5. The van der Waals surface area contributed by atoms with E-state index in [0.29, 0.717) is 47.1 Å². The van der Waals surface area contributed by atoms with Crippen LogP contribution in [0, 0.1) is 0 Å². The molecule has 1 fully saturated rings. The van der Waals surface area contributed by atoms with Gasteiger partial charge in [-0.1, -0.05) is 18.9 Å². The molecule has 2 aromatic rings. The number of hydrogen-bond donors (Lipinski definition) is 3. The van der Waals surface area contributed by atoms with Crippen LogP contribution in [-0.2, 0) is 20.9 Å². The first-order valence-corrected chi connectivity index (χ1v) is 13.9. The van der Waals surface area contributed by atoms with Crippen molar-refractivity contribution in [2.45, 2.75) is 51.1 Å². The number of azo groups is 1. The fourth-order valence-electron chi connectivity index (χ4n) is 4.88. The van der Waals surface area contributed by atoms with Crippen molar-refractivity contribution < 1.29 is 33.4 Å². The Balaban J connectivity index is 1.44. The second-order valence-electron chi connectivity index (χ2n) is 9.92. The van der Waals surface area contributed by atoms with Crippen molar-refractivity contribution >= 4 is 35.0 Å². The van der Waals surface area contributed by atoms with Crippen LogP contribution in [0.1, 0.15) is 54.4 Å². The predicted molar refractivity (Wildman–Crippen MR) is 152 cm³/mol. The van der Waals surface area contributed by atoms with Gasteiger partial charge in [0.1, 0.15) is 6.04 Å². The van der Waals surface area contributed by atoms with Crippen molar-refractivity contribution in [3.05, 3.63) is 41.5 Å². The van der Waals surface area contributed by atoms with E-state index in [-0.39, 0.29) is 49.5 Å². The van der Waals surface area contributed by atoms with E-state index >= 15 is 0 Å². The summed E-state index contributed by atoms with van der Waals surface area (Å²) in [6.07, 6.45) is 4.32. The molecule has 42 heavy (non-hydrogen) atoms. The number of benzene rings is 2. The lowest BCUT2D eigenvalue weighted by Crippen LogP contribution is -2.52. The zero-order chi connectivity index (χ0) is 30.1. The van der Waals surface area contributed by atoms with E-state index < -0.39 is 11.9 Å². The van der Waals surface area contributed by atoms with Gasteiger partial charge in [-0.15, -0.1) is 0 Å². The van der Waals surface area contributed by atoms with E-state index in [4.69, 9.17) is 19.9 Å². The highest BCUT2D eigenvalue weighted by Gasteiger charge is 2.39. The number of nitrogens with one attached hydrogen (secondary N) is 2. The van der Waals surface area contributed by atoms with Gasteiger partial charge in [-0.05, 0) is 37.9 Å². The van der Waals surface area contributed by atoms with E-state index in [2.05, 4.69) is 20.9 Å². The molecule has 0 bridgehead atoms. The maximum atomic E-state index is 13.1. The number of carbonyl (C=O) groups is 4. The lowest BCUT2D eigenvalue weighted by atomic mass is 10.0. The molecule has 2 aliphatic rings. The third-order valence-corrected chi connectivity index (χ3v) is 7.08. The molecular formula is C29H36N6O7. The fraction of sp³-hybridized carbons (Fsp3) is 0.448. The molecule has 2 aromatic carbocycles. The Labute approximate surface area is 243 Å². The highest BCUT2D eigenvalue weighted by molar-refractivity contribution is 6.06. The summed E-state index contributed by atoms with van der Waals surface area (Å²) >= 11 is 0. The monoisotopic (exact) mass is 580 g/mol. The first-order valence-electron chi connectivity index (χ1n) is 13.9. The molecule has 2 heterocycles. The van der Waals surface area contributed by atoms with E-state index in [0.717, 1.165) is 25.7 Å². The molecule has 224 valence electrons. The SMILES string of the molecule is COc1cc(/N=N/c2cccc3c2CN(C2CCC(=O)NC2=O)C3=O)cc(OC)c1OCC(=O)NCCCCCCN. The fourth-order valence-corrected chi connectivity index (χ4v) is 4.88. The van der Waals surface area contributed by atoms with Crippen LogP contribution in [0.3, 0.4) is 0 Å². The average Bonchev–Trinajstić information content (AvgIpc) is 3.32. The van der Waals surface area contributed by atoms with Gasteiger partial charge in [0.15, 0.2) is 18.1 Å². The van der Waals surface area contributed by atoms with Gasteiger partial charge in [0.25, 0.3) is 11.8 Å². The Hall–Kier alpha value is -4.52. The summed E-state index contributed by atoms with van der Waals surface area (Å²) in [5.41, 5.74) is 7.43. The lowest BCUT2D eigenvalue weighted by Gasteiger charge is -2.29. The third-order valence-electron chi connectivity index (χ3n) is 7.08. The summed E-state index contributed by atoms with van der Waals surface area (Å²) in [5.74, 6) is -0.524. The summed E-state index contributed by atoms with van der Waals surface area (Å²) in [4.78, 5) is 50.7. The first-order chi connectivity index (χ1) is 20.4. The van der Waals surface area contributed by atoms with Crippen molar-refractivity contribution in [3.8, 4) is 17.2 Å². The second kappa shape index (κ2) is 14.4. The van der Waals surface area contributed by atoms with Gasteiger partial charge >= 0.3 is 0 Å². The molecule has 0 saturated carbocycles. The van der Waals surface area contributed by atoms with Gasteiger partial charge in [-0.3, -0.25) is 24.5 Å². The van der Waals surface area contributed by atoms with Crippen LogP contribution >= 0.6 is 0 Å². The summed E-state index contributed by atoms with van der Waals surface area (Å²) in [5, 5.41) is 13.8. The van der Waals surface area contributed by atoms with Gasteiger partial charge in [0.2, 0.25) is 17.6 Å². The Morgan fingerprint density at radius 2 is 1.81 bits per heavy atom. The summed E-state index contributed by atoms with van der Waals surface area (Å²) < 4.78 is 16.7. The highest BCUT2D eigenvalue weighted by Crippen LogP contribution is 2.42. The summed E-state index contributed by atoms with van der Waals surface area (Å²) in [6.45, 7) is 1.18. The van der Waals surface area contributed by atoms with Crippen LogP contribution in [0.5, 0.6) is 17.2 Å². The number of ether oxygens (including phenoxy) is 3. The van der Waals surface area contributed by atoms with Crippen LogP contribution in [0.25, 0.3) is 0 Å². The van der Waals surface area contributed by atoms with Gasteiger partial charge < -0.3 is 30.2 Å². The van der Waals surface area contributed by atoms with Crippen LogP contribution in [-0.4, -0.2) is 68.5 Å². The van der Waals surface area contributed by atoms with Crippen molar-refractivity contribution in [3.63, 3.8) is 0 Å². The van der Waals surface area contributed by atoms with Gasteiger partial charge in [0.05, 0.1) is 25.6 Å². The Kier molecular flexibility index (Phi) is 10.4. The molecule has 0 aromatic heterocycles. The number of piperidine rings is 1. The van der Waals surface area contributed by atoms with Gasteiger partial charge in [0, 0.05) is 42.8 Å². The largest absolute Gasteiger partial charge is 0.493 e. The van der Waals surface area contributed by atoms with Crippen molar-refractivity contribution in [1.82, 2.24) is 15.5 Å². The van der Waals surface area contributed by atoms with Crippen LogP contribution in [0.2, 0.25) is 0 Å². The maximum Gasteiger partial charge on any atom is 0.257 e. The van der Waals surface area contributed by atoms with E-state index in [1.807, 2.05) is 0 Å². The quantitative estimate of drug-likeness (QED) is 0.174. The smallest absolute Gasteiger partial charge is 0.257 e. The number of amides is 4. The molecule has 1 unspecified atom stereocenters. The Bertz CT molecular complexity index is 1340. The van der Waals surface area contributed by atoms with E-state index in [1.165, 1.54) is 19.1 Å². The minimum Gasteiger partial charge on any atom is -0.493 e. The number of methoxy groups -OCH3 is 2. The number of nitrogens with two attached hydrogens (primary N) is 1. The normalized spacial score (nSPS) is 16.4. The number of rotatable bonds is 14. The third kappa shape index (κ3) is 7.21. The number of nitrogens with zero attached hydrogens (tertiary/aromatic N) is 3. The Morgan fingerprint density at radius 1 is 1.07 bits per heavy atom. The first kappa shape index (κ1) is 30.4. The van der Waals surface area contributed by atoms with E-state index in [1.54, 1.807) is 30.3 Å². The maximum absolute atomic E-state index is 13.1. The number of imide groups is 1. The van der Waals surface area contributed by atoms with Crippen molar-refractivity contribution in [2.24, 2.45) is 16.0 Å². The second-order valence-corrected chi connectivity index (χ2v) is 9.92. The summed E-state index contributed by atoms with van der Waals surface area (Å²) in [6, 6.07) is 7.58. The lowest BCUT2D eigenvalue weighted by molar-refractivity contribution is -0.137. The Morgan fingerprint density at radius 3 is 2.50 bits per heavy atom. The minimum atomic E-state index is -0.725. The molecule has 0 aliphatic carbocycles. The van der Waals surface area contributed by atoms with Crippen molar-refractivity contribution in [2.75, 3.05) is 33.9 Å². The van der Waals surface area contributed by atoms with E-state index in [9.17, 15) is 19.2 Å². The molecular weight excluding hydrogens is 544 g/mol. The zero-order valence-electron chi connectivity index (χ0n) is 23.8. The molecule has 13 nitrogen and oxygen atoms in total. The number of hydrogen-bond acceptors (Lipinski definition) is 10. The summed E-state index contributed by atoms with van der Waals surface area (Å²) in [7, 11) is 2.92. The number of unbranched alkanes of at least 4 members (excludes halogenated alkanes) is 3. The van der Waals surface area contributed by atoms with Gasteiger partial charge in [-0.25, -0.2) is 0 Å². The minimum absolute atomic E-state index is 0.171. The standard InChI is InChI=1S/C29H36N6O7/c1-40-23-14-18(15-24(41-2)27(23)42-17-26(37)31-13-6-4-3-5-12-30)33-34-21-9-7-8-19-20(21)16-35(29(19)39)22-10-11-25(36)32-28(22)38/h7-9,14-15,22H,3-6,10-13,16-17,30H2,1-2H3,(H,31,37)(H,32,36,38)/b34-33+. The molecule has 4 rings (SSSR count). The molecule has 13 heteroatoms. The predicted octanol–water partition coefficient (Wildman–Crippen LogP) is 2.89. The van der Waals surface area contributed by atoms with Crippen molar-refractivity contribution in [1.29, 1.82) is 0 Å². The van der Waals surface area contributed by atoms with Crippen LogP contribution < -0.4 is 30.6 Å². The number of carbonyl (C=O) groups excluding carboxylic acids is 4. The number of fused-ring (bicyclic) bond motifs is 1. The molecule has 1 saturated heterocycles. The van der Waals surface area contributed by atoms with Crippen LogP contribution in [0.15, 0.2) is 40.6 Å². The molecule has 4 N–H and O–H groups in total. The van der Waals surface area contributed by atoms with Gasteiger partial charge in [-0.2, -0.15) is 10.2 Å². The van der Waals surface area contributed by atoms with Crippen LogP contribution in [0.4, 0.5) is 11.4 Å². The topological polar surface area (TPSA) is 174 Å². The molecule has 0 spiro atoms. The average molecular weight is 581 g/mol. The molecule has 1 atom stereocenters. The molecule has 0 radical (unpaired) electrons. The molecule has 2 aliphatic heterocycles. The molecule has 4 amide bonds.